The molecule has 4 nitrogen and oxygen atoms in total. The van der Waals surface area contributed by atoms with Crippen LogP contribution in [0.1, 0.15) is 30.4 Å². The molecule has 1 amide bonds. The Morgan fingerprint density at radius 1 is 0.880 bits per heavy atom. The van der Waals surface area contributed by atoms with Crippen LogP contribution >= 0.6 is 0 Å². The van der Waals surface area contributed by atoms with Crippen molar-refractivity contribution < 1.29 is 9.63 Å². The van der Waals surface area contributed by atoms with Crippen molar-refractivity contribution in [3.8, 4) is 0 Å². The van der Waals surface area contributed by atoms with Crippen LogP contribution < -0.4 is 0 Å². The van der Waals surface area contributed by atoms with Crippen LogP contribution in [0.3, 0.4) is 0 Å². The molecule has 0 bridgehead atoms. The van der Waals surface area contributed by atoms with Crippen LogP contribution in [-0.2, 0) is 22.7 Å². The van der Waals surface area contributed by atoms with Gasteiger partial charge in [0.2, 0.25) is 5.91 Å². The Bertz CT molecular complexity index is 575. The molecule has 2 aromatic carbocycles. The Kier molecular flexibility index (Phi) is 8.16. The first kappa shape index (κ1) is 19.2. The second-order valence-corrected chi connectivity index (χ2v) is 6.21. The highest BCUT2D eigenvalue weighted by atomic mass is 16.7. The summed E-state index contributed by atoms with van der Waals surface area (Å²) in [6.07, 6.45) is 2.38. The molecule has 0 saturated heterocycles. The standard InChI is InChI=1S/C21H28N2O2/c1-22(25-2)21(24)15-9-10-16-23(17-19-11-5-3-6-12-19)18-20-13-7-4-8-14-20/h3-8,11-14H,9-10,15-18H2,1-2H3. The van der Waals surface area contributed by atoms with E-state index < -0.39 is 0 Å². The summed E-state index contributed by atoms with van der Waals surface area (Å²) in [6.45, 7) is 2.80. The van der Waals surface area contributed by atoms with Crippen LogP contribution in [0.15, 0.2) is 60.7 Å². The lowest BCUT2D eigenvalue weighted by atomic mass is 10.1. The molecule has 0 aliphatic rings. The number of unbranched alkanes of at least 4 members (excludes halogenated alkanes) is 1. The van der Waals surface area contributed by atoms with Gasteiger partial charge >= 0.3 is 0 Å². The van der Waals surface area contributed by atoms with Crippen LogP contribution in [-0.4, -0.2) is 36.6 Å². The molecule has 25 heavy (non-hydrogen) atoms. The van der Waals surface area contributed by atoms with Gasteiger partial charge in [-0.3, -0.25) is 14.5 Å². The van der Waals surface area contributed by atoms with Gasteiger partial charge in [-0.15, -0.1) is 0 Å². The highest BCUT2D eigenvalue weighted by Crippen LogP contribution is 2.12. The summed E-state index contributed by atoms with van der Waals surface area (Å²) in [4.78, 5) is 19.1. The van der Waals surface area contributed by atoms with E-state index >= 15 is 0 Å². The Balaban J connectivity index is 1.87. The number of hydrogen-bond acceptors (Lipinski definition) is 3. The molecule has 4 heteroatoms. The van der Waals surface area contributed by atoms with Crippen molar-refractivity contribution in [3.63, 3.8) is 0 Å². The second kappa shape index (κ2) is 10.6. The van der Waals surface area contributed by atoms with Gasteiger partial charge in [0.25, 0.3) is 0 Å². The quantitative estimate of drug-likeness (QED) is 0.486. The maximum Gasteiger partial charge on any atom is 0.245 e. The average Bonchev–Trinajstić information content (AvgIpc) is 2.66. The van der Waals surface area contributed by atoms with Crippen molar-refractivity contribution in [2.24, 2.45) is 0 Å². The van der Waals surface area contributed by atoms with Gasteiger partial charge in [-0.2, -0.15) is 0 Å². The lowest BCUT2D eigenvalue weighted by Crippen LogP contribution is -2.26. The van der Waals surface area contributed by atoms with Crippen LogP contribution in [0.2, 0.25) is 0 Å². The van der Waals surface area contributed by atoms with Crippen LogP contribution in [0, 0.1) is 0 Å². The first-order valence-corrected chi connectivity index (χ1v) is 8.80. The van der Waals surface area contributed by atoms with E-state index in [-0.39, 0.29) is 5.91 Å². The molecule has 0 atom stereocenters. The van der Waals surface area contributed by atoms with E-state index in [0.29, 0.717) is 6.42 Å². The summed E-state index contributed by atoms with van der Waals surface area (Å²) >= 11 is 0. The van der Waals surface area contributed by atoms with Crippen molar-refractivity contribution in [3.05, 3.63) is 71.8 Å². The van der Waals surface area contributed by atoms with E-state index in [4.69, 9.17) is 4.84 Å². The molecular weight excluding hydrogens is 312 g/mol. The first-order valence-electron chi connectivity index (χ1n) is 8.80. The zero-order valence-electron chi connectivity index (χ0n) is 15.2. The summed E-state index contributed by atoms with van der Waals surface area (Å²) < 4.78 is 0. The molecule has 0 aliphatic heterocycles. The third-order valence-electron chi connectivity index (χ3n) is 4.24. The molecule has 0 aliphatic carbocycles. The van der Waals surface area contributed by atoms with Gasteiger partial charge in [0.1, 0.15) is 0 Å². The van der Waals surface area contributed by atoms with Gasteiger partial charge in [0.05, 0.1) is 7.11 Å². The van der Waals surface area contributed by atoms with Gasteiger partial charge in [0.15, 0.2) is 0 Å². The average molecular weight is 340 g/mol. The number of carbonyl (C=O) groups is 1. The van der Waals surface area contributed by atoms with E-state index in [1.807, 2.05) is 12.1 Å². The monoisotopic (exact) mass is 340 g/mol. The molecule has 0 heterocycles. The highest BCUT2D eigenvalue weighted by molar-refractivity contribution is 5.74. The van der Waals surface area contributed by atoms with E-state index in [1.54, 1.807) is 7.05 Å². The molecule has 2 rings (SSSR count). The van der Waals surface area contributed by atoms with Crippen LogP contribution in [0.4, 0.5) is 0 Å². The van der Waals surface area contributed by atoms with Gasteiger partial charge in [-0.25, -0.2) is 5.06 Å². The lowest BCUT2D eigenvalue weighted by Gasteiger charge is -2.23. The zero-order chi connectivity index (χ0) is 17.9. The number of benzene rings is 2. The Morgan fingerprint density at radius 2 is 1.40 bits per heavy atom. The van der Waals surface area contributed by atoms with Gasteiger partial charge < -0.3 is 0 Å². The topological polar surface area (TPSA) is 32.8 Å². The minimum Gasteiger partial charge on any atom is -0.295 e. The molecule has 0 spiro atoms. The summed E-state index contributed by atoms with van der Waals surface area (Å²) in [5, 5.41) is 1.30. The van der Waals surface area contributed by atoms with Crippen molar-refractivity contribution in [2.45, 2.75) is 32.4 Å². The van der Waals surface area contributed by atoms with Crippen molar-refractivity contribution in [2.75, 3.05) is 20.7 Å². The van der Waals surface area contributed by atoms with Crippen molar-refractivity contribution in [1.29, 1.82) is 0 Å². The van der Waals surface area contributed by atoms with E-state index in [9.17, 15) is 4.79 Å². The maximum absolute atomic E-state index is 11.8. The fourth-order valence-electron chi connectivity index (χ4n) is 2.77. The third-order valence-corrected chi connectivity index (χ3v) is 4.24. The molecule has 2 aromatic rings. The SMILES string of the molecule is CON(C)C(=O)CCCCN(Cc1ccccc1)Cc1ccccc1. The zero-order valence-corrected chi connectivity index (χ0v) is 15.2. The first-order chi connectivity index (χ1) is 12.2. The van der Waals surface area contributed by atoms with Crippen molar-refractivity contribution >= 4 is 5.91 Å². The highest BCUT2D eigenvalue weighted by Gasteiger charge is 2.10. The largest absolute Gasteiger partial charge is 0.295 e. The van der Waals surface area contributed by atoms with Crippen LogP contribution in [0.25, 0.3) is 0 Å². The number of rotatable bonds is 10. The van der Waals surface area contributed by atoms with Gasteiger partial charge in [0, 0.05) is 26.6 Å². The summed E-state index contributed by atoms with van der Waals surface area (Å²) in [5.74, 6) is 0.0279. The Hall–Kier alpha value is -2.17. The number of amides is 1. The van der Waals surface area contributed by atoms with Crippen LogP contribution in [0.5, 0.6) is 0 Å². The second-order valence-electron chi connectivity index (χ2n) is 6.21. The summed E-state index contributed by atoms with van der Waals surface area (Å²) in [5.41, 5.74) is 2.63. The van der Waals surface area contributed by atoms with E-state index in [2.05, 4.69) is 53.4 Å². The number of carbonyl (C=O) groups excluding carboxylic acids is 1. The summed E-state index contributed by atoms with van der Waals surface area (Å²) in [6, 6.07) is 21.1. The lowest BCUT2D eigenvalue weighted by molar-refractivity contribution is -0.168. The minimum atomic E-state index is 0.0279. The fraction of sp³-hybridized carbons (Fsp3) is 0.381. The van der Waals surface area contributed by atoms with Crippen molar-refractivity contribution in [1.82, 2.24) is 9.96 Å². The molecule has 0 radical (unpaired) electrons. The van der Waals surface area contributed by atoms with E-state index in [0.717, 1.165) is 32.5 Å². The maximum atomic E-state index is 11.8. The molecule has 0 aromatic heterocycles. The molecule has 134 valence electrons. The molecule has 0 fully saturated rings. The summed E-state index contributed by atoms with van der Waals surface area (Å²) in [7, 11) is 3.17. The molecular formula is C21H28N2O2. The molecule has 0 saturated carbocycles. The minimum absolute atomic E-state index is 0.0279. The number of hydroxylamine groups is 2. The van der Waals surface area contributed by atoms with Gasteiger partial charge in [-0.1, -0.05) is 60.7 Å². The van der Waals surface area contributed by atoms with Gasteiger partial charge in [-0.05, 0) is 30.5 Å². The number of nitrogens with zero attached hydrogens (tertiary/aromatic N) is 2. The molecule has 0 unspecified atom stereocenters. The Labute approximate surface area is 151 Å². The normalized spacial score (nSPS) is 10.8. The predicted octanol–water partition coefficient (Wildman–Crippen LogP) is 3.88. The third kappa shape index (κ3) is 7.08. The predicted molar refractivity (Wildman–Crippen MR) is 101 cm³/mol. The fourth-order valence-corrected chi connectivity index (χ4v) is 2.77. The van der Waals surface area contributed by atoms with E-state index in [1.165, 1.54) is 23.3 Å². The molecule has 0 N–H and O–H groups in total. The smallest absolute Gasteiger partial charge is 0.245 e. The number of hydrogen-bond donors (Lipinski definition) is 0. The Morgan fingerprint density at radius 3 is 1.88 bits per heavy atom.